The Kier molecular flexibility index (Phi) is 3.67. The summed E-state index contributed by atoms with van der Waals surface area (Å²) in [5, 5.41) is 1.91. The fraction of sp³-hybridized carbons (Fsp3) is 0.0667. The van der Waals surface area contributed by atoms with Gasteiger partial charge in [0, 0.05) is 15.1 Å². The number of nitrogens with zero attached hydrogens (tertiary/aromatic N) is 2. The molecule has 0 amide bonds. The van der Waals surface area contributed by atoms with E-state index in [0.717, 1.165) is 26.5 Å². The molecule has 0 aliphatic rings. The first kappa shape index (κ1) is 13.8. The van der Waals surface area contributed by atoms with E-state index in [1.165, 1.54) is 0 Å². The lowest BCUT2D eigenvalue weighted by Crippen LogP contribution is -1.94. The summed E-state index contributed by atoms with van der Waals surface area (Å²) in [5.74, 6) is 0.575. The standard InChI is InChI=1S/C15H9BrCl2N2/c1-8-5-6-11(16)12-13(8)19-15(20-14(12)18)9-3-2-4-10(17)7-9/h2-7H,1H3. The van der Waals surface area contributed by atoms with Crippen molar-refractivity contribution in [3.05, 3.63) is 56.6 Å². The summed E-state index contributed by atoms with van der Waals surface area (Å²) < 4.78 is 0.890. The molecular weight excluding hydrogens is 359 g/mol. The van der Waals surface area contributed by atoms with Crippen molar-refractivity contribution in [1.29, 1.82) is 0 Å². The van der Waals surface area contributed by atoms with Crippen LogP contribution in [0.3, 0.4) is 0 Å². The van der Waals surface area contributed by atoms with E-state index in [2.05, 4.69) is 25.9 Å². The molecule has 0 aliphatic carbocycles. The monoisotopic (exact) mass is 366 g/mol. The van der Waals surface area contributed by atoms with Gasteiger partial charge in [-0.1, -0.05) is 41.4 Å². The van der Waals surface area contributed by atoms with Gasteiger partial charge in [-0.2, -0.15) is 0 Å². The van der Waals surface area contributed by atoms with Gasteiger partial charge < -0.3 is 0 Å². The maximum atomic E-state index is 6.32. The fourth-order valence-electron chi connectivity index (χ4n) is 2.05. The second-order valence-corrected chi connectivity index (χ2v) is 6.09. The maximum absolute atomic E-state index is 6.32. The number of hydrogen-bond acceptors (Lipinski definition) is 2. The fourth-order valence-corrected chi connectivity index (χ4v) is 3.13. The number of fused-ring (bicyclic) bond motifs is 1. The van der Waals surface area contributed by atoms with Crippen LogP contribution in [0.25, 0.3) is 22.3 Å². The molecule has 0 bridgehead atoms. The Hall–Kier alpha value is -1.16. The van der Waals surface area contributed by atoms with E-state index >= 15 is 0 Å². The topological polar surface area (TPSA) is 25.8 Å². The summed E-state index contributed by atoms with van der Waals surface area (Å²) in [5.41, 5.74) is 2.74. The molecule has 100 valence electrons. The van der Waals surface area contributed by atoms with Crippen molar-refractivity contribution >= 4 is 50.0 Å². The average molecular weight is 368 g/mol. The lowest BCUT2D eigenvalue weighted by atomic mass is 10.1. The van der Waals surface area contributed by atoms with Crippen LogP contribution in [0.15, 0.2) is 40.9 Å². The molecular formula is C15H9BrCl2N2. The lowest BCUT2D eigenvalue weighted by Gasteiger charge is -2.08. The van der Waals surface area contributed by atoms with Crippen molar-refractivity contribution in [3.63, 3.8) is 0 Å². The van der Waals surface area contributed by atoms with Crippen molar-refractivity contribution in [2.75, 3.05) is 0 Å². The number of benzene rings is 2. The molecule has 0 saturated carbocycles. The van der Waals surface area contributed by atoms with Crippen LogP contribution in [0.4, 0.5) is 0 Å². The van der Waals surface area contributed by atoms with Gasteiger partial charge in [-0.15, -0.1) is 0 Å². The number of hydrogen-bond donors (Lipinski definition) is 0. The Bertz CT molecular complexity index is 818. The van der Waals surface area contributed by atoms with E-state index in [0.29, 0.717) is 16.0 Å². The molecule has 3 rings (SSSR count). The highest BCUT2D eigenvalue weighted by Gasteiger charge is 2.12. The zero-order valence-corrected chi connectivity index (χ0v) is 13.6. The largest absolute Gasteiger partial charge is 0.228 e. The van der Waals surface area contributed by atoms with Gasteiger partial charge in [-0.3, -0.25) is 0 Å². The van der Waals surface area contributed by atoms with Gasteiger partial charge in [0.05, 0.1) is 10.9 Å². The third kappa shape index (κ3) is 2.41. The van der Waals surface area contributed by atoms with E-state index in [9.17, 15) is 0 Å². The number of rotatable bonds is 1. The van der Waals surface area contributed by atoms with Gasteiger partial charge >= 0.3 is 0 Å². The van der Waals surface area contributed by atoms with E-state index in [1.807, 2.05) is 43.3 Å². The molecule has 0 atom stereocenters. The smallest absolute Gasteiger partial charge is 0.161 e. The molecule has 5 heteroatoms. The third-order valence-electron chi connectivity index (χ3n) is 3.04. The molecule has 1 aromatic heterocycles. The summed E-state index contributed by atoms with van der Waals surface area (Å²) >= 11 is 15.8. The molecule has 0 radical (unpaired) electrons. The summed E-state index contributed by atoms with van der Waals surface area (Å²) in [6.45, 7) is 2.00. The van der Waals surface area contributed by atoms with Crippen LogP contribution >= 0.6 is 39.1 Å². The van der Waals surface area contributed by atoms with Crippen molar-refractivity contribution in [1.82, 2.24) is 9.97 Å². The van der Waals surface area contributed by atoms with Gasteiger partial charge in [0.1, 0.15) is 5.15 Å². The van der Waals surface area contributed by atoms with Gasteiger partial charge in [0.2, 0.25) is 0 Å². The molecule has 0 fully saturated rings. The predicted octanol–water partition coefficient (Wildman–Crippen LogP) is 5.67. The summed E-state index contributed by atoms with van der Waals surface area (Å²) in [6.07, 6.45) is 0. The molecule has 0 spiro atoms. The van der Waals surface area contributed by atoms with Crippen LogP contribution in [-0.4, -0.2) is 9.97 Å². The minimum absolute atomic E-state index is 0.431. The van der Waals surface area contributed by atoms with Crippen LogP contribution in [0.1, 0.15) is 5.56 Å². The maximum Gasteiger partial charge on any atom is 0.161 e. The highest BCUT2D eigenvalue weighted by molar-refractivity contribution is 9.10. The Balaban J connectivity index is 2.32. The van der Waals surface area contributed by atoms with E-state index in [1.54, 1.807) is 0 Å². The molecule has 20 heavy (non-hydrogen) atoms. The Morgan fingerprint density at radius 2 is 1.85 bits per heavy atom. The zero-order valence-electron chi connectivity index (χ0n) is 10.5. The van der Waals surface area contributed by atoms with Gasteiger partial charge in [0.25, 0.3) is 0 Å². The van der Waals surface area contributed by atoms with Crippen LogP contribution in [0.5, 0.6) is 0 Å². The molecule has 0 unspecified atom stereocenters. The second kappa shape index (κ2) is 5.32. The van der Waals surface area contributed by atoms with Crippen molar-refractivity contribution in [2.45, 2.75) is 6.92 Å². The minimum Gasteiger partial charge on any atom is -0.228 e. The summed E-state index contributed by atoms with van der Waals surface area (Å²) in [4.78, 5) is 9.00. The molecule has 0 N–H and O–H groups in total. The van der Waals surface area contributed by atoms with Crippen LogP contribution in [0, 0.1) is 6.92 Å². The predicted molar refractivity (Wildman–Crippen MR) is 87.4 cm³/mol. The summed E-state index contributed by atoms with van der Waals surface area (Å²) in [7, 11) is 0. The summed E-state index contributed by atoms with van der Waals surface area (Å²) in [6, 6.07) is 11.4. The molecule has 0 saturated heterocycles. The Labute approximate surface area is 134 Å². The number of halogens is 3. The van der Waals surface area contributed by atoms with Crippen LogP contribution < -0.4 is 0 Å². The highest BCUT2D eigenvalue weighted by Crippen LogP contribution is 2.32. The highest BCUT2D eigenvalue weighted by atomic mass is 79.9. The SMILES string of the molecule is Cc1ccc(Br)c2c(Cl)nc(-c3cccc(Cl)c3)nc12. The average Bonchev–Trinajstić information content (AvgIpc) is 2.42. The van der Waals surface area contributed by atoms with Gasteiger partial charge in [-0.25, -0.2) is 9.97 Å². The minimum atomic E-state index is 0.431. The molecule has 2 nitrogen and oxygen atoms in total. The van der Waals surface area contributed by atoms with E-state index < -0.39 is 0 Å². The molecule has 0 aliphatic heterocycles. The van der Waals surface area contributed by atoms with E-state index in [4.69, 9.17) is 23.2 Å². The molecule has 1 heterocycles. The van der Waals surface area contributed by atoms with Crippen molar-refractivity contribution in [2.24, 2.45) is 0 Å². The van der Waals surface area contributed by atoms with E-state index in [-0.39, 0.29) is 0 Å². The lowest BCUT2D eigenvalue weighted by molar-refractivity contribution is 1.21. The van der Waals surface area contributed by atoms with Crippen molar-refractivity contribution in [3.8, 4) is 11.4 Å². The first-order valence-corrected chi connectivity index (χ1v) is 7.49. The number of aromatic nitrogens is 2. The number of aryl methyl sites for hydroxylation is 1. The molecule has 2 aromatic carbocycles. The third-order valence-corrected chi connectivity index (χ3v) is 4.21. The quantitative estimate of drug-likeness (QED) is 0.517. The normalized spacial score (nSPS) is 11.0. The van der Waals surface area contributed by atoms with Gasteiger partial charge in [0.15, 0.2) is 5.82 Å². The van der Waals surface area contributed by atoms with Crippen molar-refractivity contribution < 1.29 is 0 Å². The van der Waals surface area contributed by atoms with Gasteiger partial charge in [-0.05, 0) is 46.6 Å². The second-order valence-electron chi connectivity index (χ2n) is 4.44. The van der Waals surface area contributed by atoms with Crippen LogP contribution in [0.2, 0.25) is 10.2 Å². The zero-order chi connectivity index (χ0) is 14.3. The molecule has 3 aromatic rings. The Morgan fingerprint density at radius 3 is 2.60 bits per heavy atom. The van der Waals surface area contributed by atoms with Crippen LogP contribution in [-0.2, 0) is 0 Å². The first-order valence-electron chi connectivity index (χ1n) is 5.94. The first-order chi connectivity index (χ1) is 9.56. The Morgan fingerprint density at radius 1 is 1.05 bits per heavy atom.